The Labute approximate surface area is 92.9 Å². The second-order valence-corrected chi connectivity index (χ2v) is 6.82. The Bertz CT molecular complexity index is 280. The summed E-state index contributed by atoms with van der Waals surface area (Å²) in [5.74, 6) is 0. The van der Waals surface area contributed by atoms with Crippen molar-refractivity contribution < 1.29 is 8.42 Å². The first-order valence-corrected chi connectivity index (χ1v) is 7.18. The second-order valence-electron chi connectivity index (χ2n) is 4.55. The largest absolute Gasteiger partial charge is 0.317 e. The zero-order chi connectivity index (χ0) is 11.5. The average Bonchev–Trinajstić information content (AvgIpc) is 2.18. The highest BCUT2D eigenvalue weighted by molar-refractivity contribution is 7.90. The third-order valence-corrected chi connectivity index (χ3v) is 4.99. The molecule has 0 spiro atoms. The maximum Gasteiger partial charge on any atom is 0.214 e. The molecule has 0 radical (unpaired) electrons. The van der Waals surface area contributed by atoms with E-state index in [1.165, 1.54) is 0 Å². The van der Waals surface area contributed by atoms with Crippen LogP contribution >= 0.6 is 0 Å². The summed E-state index contributed by atoms with van der Waals surface area (Å²) in [5, 5.41) is 2.90. The van der Waals surface area contributed by atoms with Crippen LogP contribution in [0.15, 0.2) is 0 Å². The fourth-order valence-corrected chi connectivity index (χ4v) is 2.84. The zero-order valence-corrected chi connectivity index (χ0v) is 10.6. The molecule has 0 unspecified atom stereocenters. The van der Waals surface area contributed by atoms with E-state index in [2.05, 4.69) is 10.0 Å². The van der Waals surface area contributed by atoms with Crippen molar-refractivity contribution in [3.05, 3.63) is 0 Å². The summed E-state index contributed by atoms with van der Waals surface area (Å²) in [5.41, 5.74) is 0. The third-order valence-electron chi connectivity index (χ3n) is 3.09. The lowest BCUT2D eigenvalue weighted by atomic mass is 9.92. The highest BCUT2D eigenvalue weighted by atomic mass is 32.2. The maximum absolute atomic E-state index is 11.6. The zero-order valence-electron chi connectivity index (χ0n) is 9.79. The van der Waals surface area contributed by atoms with E-state index in [0.717, 1.165) is 25.7 Å². The second kappa shape index (κ2) is 5.27. The van der Waals surface area contributed by atoms with Gasteiger partial charge in [0.2, 0.25) is 10.0 Å². The number of rotatable bonds is 4. The minimum absolute atomic E-state index is 0.141. The van der Waals surface area contributed by atoms with Crippen LogP contribution in [0, 0.1) is 0 Å². The molecular formula is C10H22N2O2S. The van der Waals surface area contributed by atoms with Crippen molar-refractivity contribution in [1.29, 1.82) is 0 Å². The van der Waals surface area contributed by atoms with Gasteiger partial charge in [-0.1, -0.05) is 0 Å². The van der Waals surface area contributed by atoms with Gasteiger partial charge in [-0.3, -0.25) is 0 Å². The van der Waals surface area contributed by atoms with Gasteiger partial charge in [-0.2, -0.15) is 0 Å². The minimum atomic E-state index is -3.09. The molecule has 0 heterocycles. The molecule has 0 aromatic carbocycles. The van der Waals surface area contributed by atoms with E-state index in [1.807, 2.05) is 7.05 Å². The molecule has 4 nitrogen and oxygen atoms in total. The van der Waals surface area contributed by atoms with E-state index in [1.54, 1.807) is 13.8 Å². The van der Waals surface area contributed by atoms with Crippen LogP contribution in [0.3, 0.4) is 0 Å². The van der Waals surface area contributed by atoms with Crippen molar-refractivity contribution in [2.45, 2.75) is 56.9 Å². The standard InChI is InChI=1S/C10H22N2O2S/c1-8(2)15(13,14)12-10-6-4-9(11-3)5-7-10/h8-12H,4-7H2,1-3H3. The van der Waals surface area contributed by atoms with Crippen LogP contribution < -0.4 is 10.0 Å². The van der Waals surface area contributed by atoms with Crippen LogP contribution in [0.4, 0.5) is 0 Å². The first-order valence-electron chi connectivity index (χ1n) is 5.64. The predicted molar refractivity (Wildman–Crippen MR) is 62.3 cm³/mol. The first-order chi connectivity index (χ1) is 6.95. The van der Waals surface area contributed by atoms with E-state index in [9.17, 15) is 8.42 Å². The number of nitrogens with one attached hydrogen (secondary N) is 2. The Morgan fingerprint density at radius 1 is 1.07 bits per heavy atom. The van der Waals surface area contributed by atoms with Crippen LogP contribution in [0.25, 0.3) is 0 Å². The Kier molecular flexibility index (Phi) is 4.55. The molecule has 90 valence electrons. The predicted octanol–water partition coefficient (Wildman–Crippen LogP) is 0.845. The highest BCUT2D eigenvalue weighted by Crippen LogP contribution is 2.19. The Morgan fingerprint density at radius 2 is 1.53 bits per heavy atom. The molecule has 0 saturated heterocycles. The molecule has 0 aromatic rings. The van der Waals surface area contributed by atoms with Gasteiger partial charge in [0, 0.05) is 12.1 Å². The average molecular weight is 234 g/mol. The molecule has 1 aliphatic rings. The van der Waals surface area contributed by atoms with Crippen LogP contribution in [0.1, 0.15) is 39.5 Å². The van der Waals surface area contributed by atoms with Crippen molar-refractivity contribution in [2.24, 2.45) is 0 Å². The van der Waals surface area contributed by atoms with Gasteiger partial charge in [0.25, 0.3) is 0 Å². The van der Waals surface area contributed by atoms with E-state index in [4.69, 9.17) is 0 Å². The topological polar surface area (TPSA) is 58.2 Å². The fourth-order valence-electron chi connectivity index (χ4n) is 1.87. The molecule has 1 aliphatic carbocycles. The van der Waals surface area contributed by atoms with Crippen LogP contribution in [-0.2, 0) is 10.0 Å². The van der Waals surface area contributed by atoms with Gasteiger partial charge < -0.3 is 5.32 Å². The molecule has 1 saturated carbocycles. The lowest BCUT2D eigenvalue weighted by molar-refractivity contribution is 0.342. The van der Waals surface area contributed by atoms with E-state index < -0.39 is 10.0 Å². The Morgan fingerprint density at radius 3 is 1.93 bits per heavy atom. The van der Waals surface area contributed by atoms with Crippen molar-refractivity contribution >= 4 is 10.0 Å². The van der Waals surface area contributed by atoms with Gasteiger partial charge in [0.05, 0.1) is 5.25 Å². The molecule has 1 fully saturated rings. The molecule has 0 aromatic heterocycles. The van der Waals surface area contributed by atoms with Crippen molar-refractivity contribution in [1.82, 2.24) is 10.0 Å². The quantitative estimate of drug-likeness (QED) is 0.758. The highest BCUT2D eigenvalue weighted by Gasteiger charge is 2.25. The van der Waals surface area contributed by atoms with Gasteiger partial charge in [-0.25, -0.2) is 13.1 Å². The molecule has 0 atom stereocenters. The molecule has 2 N–H and O–H groups in total. The van der Waals surface area contributed by atoms with Crippen molar-refractivity contribution in [3.8, 4) is 0 Å². The Hall–Kier alpha value is -0.130. The normalized spacial score (nSPS) is 28.3. The third kappa shape index (κ3) is 3.74. The molecular weight excluding hydrogens is 212 g/mol. The molecule has 1 rings (SSSR count). The summed E-state index contributed by atoms with van der Waals surface area (Å²) in [6.07, 6.45) is 4.00. The van der Waals surface area contributed by atoms with Gasteiger partial charge in [-0.15, -0.1) is 0 Å². The van der Waals surface area contributed by atoms with Crippen molar-refractivity contribution in [2.75, 3.05) is 7.05 Å². The van der Waals surface area contributed by atoms with Gasteiger partial charge in [0.1, 0.15) is 0 Å². The summed E-state index contributed by atoms with van der Waals surface area (Å²) in [7, 11) is -1.13. The van der Waals surface area contributed by atoms with Crippen LogP contribution in [0.2, 0.25) is 0 Å². The SMILES string of the molecule is CNC1CCC(NS(=O)(=O)C(C)C)CC1. The summed E-state index contributed by atoms with van der Waals surface area (Å²) < 4.78 is 26.0. The van der Waals surface area contributed by atoms with Crippen molar-refractivity contribution in [3.63, 3.8) is 0 Å². The molecule has 5 heteroatoms. The van der Waals surface area contributed by atoms with E-state index in [0.29, 0.717) is 6.04 Å². The van der Waals surface area contributed by atoms with Gasteiger partial charge in [-0.05, 0) is 46.6 Å². The lowest BCUT2D eigenvalue weighted by Gasteiger charge is -2.29. The monoisotopic (exact) mass is 234 g/mol. The summed E-state index contributed by atoms with van der Waals surface area (Å²) in [6.45, 7) is 3.42. The molecule has 0 amide bonds. The van der Waals surface area contributed by atoms with E-state index in [-0.39, 0.29) is 11.3 Å². The smallest absolute Gasteiger partial charge is 0.214 e. The van der Waals surface area contributed by atoms with Crippen LogP contribution in [-0.4, -0.2) is 32.8 Å². The minimum Gasteiger partial charge on any atom is -0.317 e. The van der Waals surface area contributed by atoms with E-state index >= 15 is 0 Å². The van der Waals surface area contributed by atoms with Gasteiger partial charge >= 0.3 is 0 Å². The lowest BCUT2D eigenvalue weighted by Crippen LogP contribution is -2.43. The first kappa shape index (κ1) is 12.9. The van der Waals surface area contributed by atoms with Crippen LogP contribution in [0.5, 0.6) is 0 Å². The molecule has 15 heavy (non-hydrogen) atoms. The number of hydrogen-bond acceptors (Lipinski definition) is 3. The number of hydrogen-bond donors (Lipinski definition) is 2. The maximum atomic E-state index is 11.6. The molecule has 0 aliphatic heterocycles. The fraction of sp³-hybridized carbons (Fsp3) is 1.00. The molecule has 0 bridgehead atoms. The Balaban J connectivity index is 2.42. The summed E-state index contributed by atoms with van der Waals surface area (Å²) in [4.78, 5) is 0. The summed E-state index contributed by atoms with van der Waals surface area (Å²) in [6, 6.07) is 0.701. The summed E-state index contributed by atoms with van der Waals surface area (Å²) >= 11 is 0. The number of sulfonamides is 1. The van der Waals surface area contributed by atoms with Gasteiger partial charge in [0.15, 0.2) is 0 Å².